The summed E-state index contributed by atoms with van der Waals surface area (Å²) in [6.45, 7) is 0. The molecule has 1 fully saturated rings. The van der Waals surface area contributed by atoms with Crippen LogP contribution in [0.15, 0.2) is 12.1 Å². The minimum Gasteiger partial charge on any atom is -0.397 e. The highest BCUT2D eigenvalue weighted by atomic mass is 35.5. The molecule has 0 aromatic heterocycles. The summed E-state index contributed by atoms with van der Waals surface area (Å²) in [4.78, 5) is 0. The molecule has 0 saturated heterocycles. The van der Waals surface area contributed by atoms with Crippen LogP contribution in [0, 0.1) is 5.82 Å². The van der Waals surface area contributed by atoms with E-state index in [1.807, 2.05) is 0 Å². The summed E-state index contributed by atoms with van der Waals surface area (Å²) in [6.07, 6.45) is 4.52. The third-order valence-corrected chi connectivity index (χ3v) is 3.70. The monoisotopic (exact) mass is 272 g/mol. The van der Waals surface area contributed by atoms with E-state index in [1.54, 1.807) is 0 Å². The molecule has 1 aromatic rings. The number of hydrogen-bond acceptors (Lipinski definition) is 3. The number of rotatable bonds is 2. The Morgan fingerprint density at radius 3 is 2.78 bits per heavy atom. The number of anilines is 2. The summed E-state index contributed by atoms with van der Waals surface area (Å²) in [5.74, 6) is -0.527. The first-order chi connectivity index (χ1) is 8.58. The lowest BCUT2D eigenvalue weighted by Crippen LogP contribution is -2.32. The molecule has 2 rings (SSSR count). The Hall–Kier alpha value is -1.00. The number of nitrogens with two attached hydrogens (primary N) is 1. The Balaban J connectivity index is 2.14. The van der Waals surface area contributed by atoms with Crippen LogP contribution in [0.4, 0.5) is 15.8 Å². The van der Waals surface area contributed by atoms with E-state index in [4.69, 9.17) is 17.3 Å². The average Bonchev–Trinajstić information content (AvgIpc) is 2.52. The Bertz CT molecular complexity index is 428. The van der Waals surface area contributed by atoms with Gasteiger partial charge in [-0.2, -0.15) is 0 Å². The molecule has 2 atom stereocenters. The number of nitrogen functional groups attached to an aromatic ring is 1. The molecule has 1 saturated carbocycles. The second-order valence-electron chi connectivity index (χ2n) is 4.81. The van der Waals surface area contributed by atoms with Gasteiger partial charge in [-0.1, -0.05) is 30.9 Å². The van der Waals surface area contributed by atoms with Crippen LogP contribution in [0.3, 0.4) is 0 Å². The number of benzene rings is 1. The summed E-state index contributed by atoms with van der Waals surface area (Å²) in [6, 6.07) is 2.63. The maximum absolute atomic E-state index is 13.2. The van der Waals surface area contributed by atoms with Crippen LogP contribution in [0.25, 0.3) is 0 Å². The van der Waals surface area contributed by atoms with Gasteiger partial charge in [-0.3, -0.25) is 0 Å². The van der Waals surface area contributed by atoms with E-state index < -0.39 is 11.9 Å². The highest BCUT2D eigenvalue weighted by Gasteiger charge is 2.22. The Morgan fingerprint density at radius 1 is 1.28 bits per heavy atom. The molecule has 1 aromatic carbocycles. The second kappa shape index (κ2) is 5.76. The van der Waals surface area contributed by atoms with Gasteiger partial charge in [-0.05, 0) is 18.9 Å². The first-order valence-corrected chi connectivity index (χ1v) is 6.65. The lowest BCUT2D eigenvalue weighted by atomic mass is 10.1. The minimum absolute atomic E-state index is 0.0369. The van der Waals surface area contributed by atoms with E-state index in [-0.39, 0.29) is 11.1 Å². The third kappa shape index (κ3) is 3.06. The summed E-state index contributed by atoms with van der Waals surface area (Å²) in [5, 5.41) is 13.2. The van der Waals surface area contributed by atoms with E-state index in [1.165, 1.54) is 12.1 Å². The van der Waals surface area contributed by atoms with Gasteiger partial charge in [0.15, 0.2) is 0 Å². The summed E-state index contributed by atoms with van der Waals surface area (Å²) >= 11 is 5.74. The lowest BCUT2D eigenvalue weighted by molar-refractivity contribution is 0.144. The van der Waals surface area contributed by atoms with Crippen molar-refractivity contribution in [1.29, 1.82) is 0 Å². The Morgan fingerprint density at radius 2 is 2.00 bits per heavy atom. The van der Waals surface area contributed by atoms with Gasteiger partial charge in [0.05, 0.1) is 28.5 Å². The molecule has 5 heteroatoms. The standard InChI is InChI=1S/C13H18ClFN2O/c14-8-6-12(10(16)7-9(8)15)17-11-4-2-1-3-5-13(11)18/h6-7,11,13,17-18H,1-5,16H2. The van der Waals surface area contributed by atoms with Gasteiger partial charge in [0.1, 0.15) is 5.82 Å². The summed E-state index contributed by atoms with van der Waals surface area (Å²) in [7, 11) is 0. The van der Waals surface area contributed by atoms with Crippen molar-refractivity contribution < 1.29 is 9.50 Å². The molecule has 0 spiro atoms. The average molecular weight is 273 g/mol. The topological polar surface area (TPSA) is 58.3 Å². The molecule has 18 heavy (non-hydrogen) atoms. The molecule has 0 bridgehead atoms. The highest BCUT2D eigenvalue weighted by molar-refractivity contribution is 6.31. The van der Waals surface area contributed by atoms with Crippen LogP contribution in [0.5, 0.6) is 0 Å². The number of aliphatic hydroxyl groups is 1. The predicted octanol–water partition coefficient (Wildman–Crippen LogP) is 3.17. The van der Waals surface area contributed by atoms with E-state index in [0.717, 1.165) is 32.1 Å². The van der Waals surface area contributed by atoms with Gasteiger partial charge >= 0.3 is 0 Å². The SMILES string of the molecule is Nc1cc(F)c(Cl)cc1NC1CCCCCC1O. The van der Waals surface area contributed by atoms with Crippen molar-refractivity contribution in [3.8, 4) is 0 Å². The molecule has 0 aliphatic heterocycles. The number of nitrogens with one attached hydrogen (secondary N) is 1. The number of aliphatic hydroxyl groups excluding tert-OH is 1. The van der Waals surface area contributed by atoms with E-state index in [2.05, 4.69) is 5.32 Å². The van der Waals surface area contributed by atoms with Crippen LogP contribution in [0.2, 0.25) is 5.02 Å². The van der Waals surface area contributed by atoms with E-state index in [9.17, 15) is 9.50 Å². The van der Waals surface area contributed by atoms with Gasteiger partial charge in [0.2, 0.25) is 0 Å². The van der Waals surface area contributed by atoms with Crippen molar-refractivity contribution in [2.24, 2.45) is 0 Å². The normalized spacial score (nSPS) is 24.6. The molecular formula is C13H18ClFN2O. The fraction of sp³-hybridized carbons (Fsp3) is 0.538. The lowest BCUT2D eigenvalue weighted by Gasteiger charge is -2.24. The van der Waals surface area contributed by atoms with Gasteiger partial charge in [-0.15, -0.1) is 0 Å². The van der Waals surface area contributed by atoms with Crippen LogP contribution < -0.4 is 11.1 Å². The van der Waals surface area contributed by atoms with Crippen molar-refractivity contribution in [2.75, 3.05) is 11.1 Å². The van der Waals surface area contributed by atoms with Gasteiger partial charge in [0, 0.05) is 6.07 Å². The molecule has 0 amide bonds. The molecule has 3 nitrogen and oxygen atoms in total. The molecule has 2 unspecified atom stereocenters. The van der Waals surface area contributed by atoms with Crippen LogP contribution in [-0.2, 0) is 0 Å². The number of hydrogen-bond donors (Lipinski definition) is 3. The summed E-state index contributed by atoms with van der Waals surface area (Å²) < 4.78 is 13.2. The molecule has 1 aliphatic rings. The van der Waals surface area contributed by atoms with Crippen LogP contribution >= 0.6 is 11.6 Å². The fourth-order valence-corrected chi connectivity index (χ4v) is 2.51. The fourth-order valence-electron chi connectivity index (χ4n) is 2.34. The Labute approximate surface area is 111 Å². The first-order valence-electron chi connectivity index (χ1n) is 6.27. The summed E-state index contributed by atoms with van der Waals surface area (Å²) in [5.41, 5.74) is 6.65. The molecule has 4 N–H and O–H groups in total. The van der Waals surface area contributed by atoms with E-state index in [0.29, 0.717) is 11.4 Å². The molecule has 1 aliphatic carbocycles. The van der Waals surface area contributed by atoms with Crippen LogP contribution in [-0.4, -0.2) is 17.3 Å². The second-order valence-corrected chi connectivity index (χ2v) is 5.22. The zero-order valence-corrected chi connectivity index (χ0v) is 10.9. The zero-order chi connectivity index (χ0) is 13.1. The van der Waals surface area contributed by atoms with E-state index >= 15 is 0 Å². The van der Waals surface area contributed by atoms with Crippen molar-refractivity contribution in [2.45, 2.75) is 44.2 Å². The van der Waals surface area contributed by atoms with Gasteiger partial charge in [-0.25, -0.2) is 4.39 Å². The maximum Gasteiger partial charge on any atom is 0.143 e. The minimum atomic E-state index is -0.527. The first kappa shape index (κ1) is 13.4. The maximum atomic E-state index is 13.2. The van der Waals surface area contributed by atoms with Crippen LogP contribution in [0.1, 0.15) is 32.1 Å². The van der Waals surface area contributed by atoms with Gasteiger partial charge in [0.25, 0.3) is 0 Å². The smallest absolute Gasteiger partial charge is 0.143 e. The largest absolute Gasteiger partial charge is 0.397 e. The number of halogens is 2. The molecule has 0 heterocycles. The van der Waals surface area contributed by atoms with Crippen molar-refractivity contribution in [3.63, 3.8) is 0 Å². The highest BCUT2D eigenvalue weighted by Crippen LogP contribution is 2.29. The quantitative estimate of drug-likeness (QED) is 0.572. The van der Waals surface area contributed by atoms with Crippen molar-refractivity contribution in [3.05, 3.63) is 23.0 Å². The van der Waals surface area contributed by atoms with Crippen molar-refractivity contribution >= 4 is 23.0 Å². The molecular weight excluding hydrogens is 255 g/mol. The third-order valence-electron chi connectivity index (χ3n) is 3.41. The predicted molar refractivity (Wildman–Crippen MR) is 72.3 cm³/mol. The van der Waals surface area contributed by atoms with Gasteiger partial charge < -0.3 is 16.2 Å². The zero-order valence-electron chi connectivity index (χ0n) is 10.1. The molecule has 100 valence electrons. The van der Waals surface area contributed by atoms with Crippen molar-refractivity contribution in [1.82, 2.24) is 0 Å². The Kier molecular flexibility index (Phi) is 4.30. The molecule has 0 radical (unpaired) electrons.